The zero-order chi connectivity index (χ0) is 18.2. The maximum Gasteiger partial charge on any atom is 0.245 e. The van der Waals surface area contributed by atoms with Gasteiger partial charge in [-0.15, -0.1) is 0 Å². The normalized spacial score (nSPS) is 31.4. The lowest BCUT2D eigenvalue weighted by Gasteiger charge is -2.25. The van der Waals surface area contributed by atoms with Crippen molar-refractivity contribution in [2.45, 2.75) is 23.7 Å². The van der Waals surface area contributed by atoms with Crippen molar-refractivity contribution in [3.05, 3.63) is 29.0 Å². The van der Waals surface area contributed by atoms with Gasteiger partial charge in [0.1, 0.15) is 23.9 Å². The van der Waals surface area contributed by atoms with Crippen LogP contribution >= 0.6 is 11.6 Å². The first-order valence-corrected chi connectivity index (χ1v) is 7.23. The summed E-state index contributed by atoms with van der Waals surface area (Å²) in [5.74, 6) is 2.17. The van der Waals surface area contributed by atoms with Crippen molar-refractivity contribution in [3.63, 3.8) is 0 Å². The average Bonchev–Trinajstić information content (AvgIpc) is 3.10. The van der Waals surface area contributed by atoms with Crippen LogP contribution in [0, 0.1) is 11.3 Å². The van der Waals surface area contributed by atoms with Gasteiger partial charge in [0.05, 0.1) is 12.0 Å². The van der Waals surface area contributed by atoms with E-state index in [4.69, 9.17) is 27.6 Å². The first kappa shape index (κ1) is 17.2. The second-order valence-electron chi connectivity index (χ2n) is 5.27. The molecule has 0 aliphatic carbocycles. The predicted octanol–water partition coefficient (Wildman–Crippen LogP) is 0.810. The molecule has 0 bridgehead atoms. The van der Waals surface area contributed by atoms with E-state index >= 15 is 4.39 Å². The Hall–Kier alpha value is -2.61. The van der Waals surface area contributed by atoms with E-state index in [-0.39, 0.29) is 11.5 Å². The summed E-state index contributed by atoms with van der Waals surface area (Å²) in [5, 5.41) is 25.4. The summed E-state index contributed by atoms with van der Waals surface area (Å²) in [5.41, 5.74) is 9.54. The van der Waals surface area contributed by atoms with Crippen molar-refractivity contribution in [3.8, 4) is 11.3 Å². The number of nitrogen functional groups attached to an aromatic ring is 1. The van der Waals surface area contributed by atoms with Crippen LogP contribution in [0.1, 0.15) is 6.23 Å². The molecule has 0 saturated carbocycles. The van der Waals surface area contributed by atoms with Crippen LogP contribution in [0.4, 0.5) is 10.2 Å². The van der Waals surface area contributed by atoms with E-state index in [0.29, 0.717) is 5.39 Å². The van der Waals surface area contributed by atoms with E-state index in [0.717, 1.165) is 0 Å². The fourth-order valence-electron chi connectivity index (χ4n) is 2.76. The monoisotopic (exact) mass is 367 g/mol. The number of nitrogens with zero attached hydrogens (tertiary/aromatic N) is 6. The molecule has 10 nitrogen and oxygen atoms in total. The molecule has 1 aliphatic rings. The van der Waals surface area contributed by atoms with Crippen LogP contribution in [0.15, 0.2) is 23.7 Å². The molecule has 0 radical (unpaired) electrons. The summed E-state index contributed by atoms with van der Waals surface area (Å²) in [6.45, 7) is -0.985. The highest BCUT2D eigenvalue weighted by atomic mass is 35.5. The van der Waals surface area contributed by atoms with Gasteiger partial charge in [-0.05, 0) is 29.1 Å². The first-order valence-electron chi connectivity index (χ1n) is 6.85. The van der Waals surface area contributed by atoms with Crippen molar-refractivity contribution < 1.29 is 19.3 Å². The van der Waals surface area contributed by atoms with Crippen molar-refractivity contribution in [2.24, 2.45) is 5.11 Å². The molecule has 0 spiro atoms. The summed E-state index contributed by atoms with van der Waals surface area (Å²) >= 11 is 5.33. The van der Waals surface area contributed by atoms with Crippen molar-refractivity contribution in [1.29, 1.82) is 0 Å². The smallest absolute Gasteiger partial charge is 0.245 e. The van der Waals surface area contributed by atoms with E-state index < -0.39 is 30.3 Å². The number of alkyl halides is 1. The molecule has 2 aromatic rings. The summed E-state index contributed by atoms with van der Waals surface area (Å²) in [4.78, 5) is 10.3. The van der Waals surface area contributed by atoms with Gasteiger partial charge in [-0.2, -0.15) is 0 Å². The Bertz CT molecular complexity index is 937. The van der Waals surface area contributed by atoms with Gasteiger partial charge in [0.15, 0.2) is 6.23 Å². The molecule has 12 heteroatoms. The van der Waals surface area contributed by atoms with Crippen LogP contribution in [-0.4, -0.2) is 48.9 Å². The zero-order valence-corrected chi connectivity index (χ0v) is 13.2. The number of hydrogen-bond donors (Lipinski definition) is 3. The number of rotatable bonds is 3. The minimum atomic E-state index is -2.80. The molecule has 3 heterocycles. The summed E-state index contributed by atoms with van der Waals surface area (Å²) in [6.07, 6.45) is -1.19. The molecule has 1 saturated heterocycles. The molecule has 1 fully saturated rings. The number of aliphatic hydroxyl groups is 2. The van der Waals surface area contributed by atoms with Crippen LogP contribution in [-0.2, 0) is 4.74 Å². The number of nitrogens with two attached hydrogens (primary N) is 1. The number of hydrogen-bond acceptors (Lipinski definition) is 7. The number of aliphatic hydroxyl groups excluding tert-OH is 2. The van der Waals surface area contributed by atoms with E-state index in [2.05, 4.69) is 20.0 Å². The van der Waals surface area contributed by atoms with E-state index in [1.807, 2.05) is 11.3 Å². The summed E-state index contributed by atoms with van der Waals surface area (Å²) in [6, 6.07) is 1.52. The highest BCUT2D eigenvalue weighted by molar-refractivity contribution is 6.30. The third kappa shape index (κ3) is 2.36. The molecule has 0 aromatic carbocycles. The standard InChI is InChI=1S/C13H11ClFN7O3/c14-3-2-12(15)10(24)13(5-23,20-21-17)25-11(12)22-4-1-7-8(16)18-6-19-9(7)22/h1,4,6,10-11,23-24H,5H2,(H2,16,18,19)/t10-,11+,12+,13+/m0/s1. The number of aromatic nitrogens is 3. The third-order valence-corrected chi connectivity index (χ3v) is 4.07. The number of anilines is 1. The quantitative estimate of drug-likeness (QED) is 0.315. The van der Waals surface area contributed by atoms with Crippen LogP contribution in [0.25, 0.3) is 21.5 Å². The molecule has 3 rings (SSSR count). The zero-order valence-electron chi connectivity index (χ0n) is 12.4. The Morgan fingerprint density at radius 1 is 1.60 bits per heavy atom. The molecule has 25 heavy (non-hydrogen) atoms. The molecular weight excluding hydrogens is 357 g/mol. The second-order valence-corrected chi connectivity index (χ2v) is 5.46. The van der Waals surface area contributed by atoms with Crippen LogP contribution in [0.5, 0.6) is 0 Å². The van der Waals surface area contributed by atoms with Gasteiger partial charge >= 0.3 is 0 Å². The SMILES string of the molecule is [N-]=[N+]=N[C@]1(CO)O[C@@H](n2ccc3c(N)ncnc32)[C@@](F)(C#CCl)[C@@H]1O. The van der Waals surface area contributed by atoms with E-state index in [9.17, 15) is 10.2 Å². The summed E-state index contributed by atoms with van der Waals surface area (Å²) in [7, 11) is 0. The third-order valence-electron chi connectivity index (χ3n) is 3.97. The molecule has 1 aliphatic heterocycles. The first-order chi connectivity index (χ1) is 11.9. The topological polar surface area (TPSA) is 155 Å². The molecule has 130 valence electrons. The van der Waals surface area contributed by atoms with Crippen molar-refractivity contribution in [2.75, 3.05) is 12.3 Å². The Labute approximate surface area is 144 Å². The Morgan fingerprint density at radius 3 is 3.00 bits per heavy atom. The fraction of sp³-hybridized carbons (Fsp3) is 0.385. The Kier molecular flexibility index (Phi) is 4.16. The van der Waals surface area contributed by atoms with Crippen LogP contribution < -0.4 is 5.73 Å². The predicted molar refractivity (Wildman–Crippen MR) is 84.5 cm³/mol. The second kappa shape index (κ2) is 6.03. The molecule has 0 unspecified atom stereocenters. The maximum atomic E-state index is 15.5. The summed E-state index contributed by atoms with van der Waals surface area (Å²) < 4.78 is 22.2. The van der Waals surface area contributed by atoms with Crippen LogP contribution in [0.2, 0.25) is 0 Å². The molecule has 0 amide bonds. The number of ether oxygens (including phenoxy) is 1. The van der Waals surface area contributed by atoms with Gasteiger partial charge in [-0.25, -0.2) is 14.4 Å². The van der Waals surface area contributed by atoms with Crippen LogP contribution in [0.3, 0.4) is 0 Å². The highest BCUT2D eigenvalue weighted by Gasteiger charge is 2.65. The van der Waals surface area contributed by atoms with E-state index in [1.54, 1.807) is 0 Å². The lowest BCUT2D eigenvalue weighted by atomic mass is 9.94. The van der Waals surface area contributed by atoms with Gasteiger partial charge in [-0.1, -0.05) is 5.11 Å². The fourth-order valence-corrected chi connectivity index (χ4v) is 2.90. The maximum absolute atomic E-state index is 15.5. The Balaban J connectivity index is 2.23. The number of azide groups is 1. The van der Waals surface area contributed by atoms with Gasteiger partial charge in [0.2, 0.25) is 11.4 Å². The molecule has 4 N–H and O–H groups in total. The molecule has 4 atom stereocenters. The highest BCUT2D eigenvalue weighted by Crippen LogP contribution is 2.48. The van der Waals surface area contributed by atoms with E-state index in [1.165, 1.54) is 23.2 Å². The largest absolute Gasteiger partial charge is 0.393 e. The molecule has 2 aromatic heterocycles. The minimum Gasteiger partial charge on any atom is -0.393 e. The van der Waals surface area contributed by atoms with Gasteiger partial charge < -0.3 is 25.3 Å². The number of halogens is 2. The van der Waals surface area contributed by atoms with Gasteiger partial charge in [0, 0.05) is 16.5 Å². The Morgan fingerprint density at radius 2 is 2.36 bits per heavy atom. The average molecular weight is 368 g/mol. The van der Waals surface area contributed by atoms with Gasteiger partial charge in [0.25, 0.3) is 0 Å². The van der Waals surface area contributed by atoms with Crippen molar-refractivity contribution >= 4 is 28.5 Å². The molecular formula is C13H11ClFN7O3. The number of fused-ring (bicyclic) bond motifs is 1. The lowest BCUT2D eigenvalue weighted by Crippen LogP contribution is -2.48. The van der Waals surface area contributed by atoms with Gasteiger partial charge in [-0.3, -0.25) is 0 Å². The minimum absolute atomic E-state index is 0.152. The van der Waals surface area contributed by atoms with Crippen molar-refractivity contribution in [1.82, 2.24) is 14.5 Å². The lowest BCUT2D eigenvalue weighted by molar-refractivity contribution is -0.123.